The minimum absolute atomic E-state index is 0.136. The summed E-state index contributed by atoms with van der Waals surface area (Å²) in [4.78, 5) is 40.9. The first-order valence-corrected chi connectivity index (χ1v) is 6.57. The second-order valence-corrected chi connectivity index (χ2v) is 5.49. The lowest BCUT2D eigenvalue weighted by Crippen LogP contribution is -2.65. The van der Waals surface area contributed by atoms with E-state index < -0.39 is 17.4 Å². The van der Waals surface area contributed by atoms with Crippen molar-refractivity contribution in [3.63, 3.8) is 0 Å². The number of carbonyl (C=O) groups is 3. The first-order valence-electron chi connectivity index (χ1n) is 5.69. The Balaban J connectivity index is 1.87. The molecule has 4 amide bonds. The molecule has 1 spiro atoms. The monoisotopic (exact) mass is 265 g/mol. The van der Waals surface area contributed by atoms with Crippen molar-refractivity contribution in [2.24, 2.45) is 5.41 Å². The van der Waals surface area contributed by atoms with Gasteiger partial charge in [-0.25, -0.2) is 9.78 Å². The number of hydrogen-bond donors (Lipinski definition) is 1. The minimum Gasteiger partial charge on any atom is -0.277 e. The van der Waals surface area contributed by atoms with Crippen molar-refractivity contribution in [3.8, 4) is 0 Å². The first-order chi connectivity index (χ1) is 8.63. The van der Waals surface area contributed by atoms with Gasteiger partial charge in [-0.1, -0.05) is 6.42 Å². The van der Waals surface area contributed by atoms with Gasteiger partial charge in [0.1, 0.15) is 10.4 Å². The molecule has 3 rings (SSSR count). The van der Waals surface area contributed by atoms with Crippen molar-refractivity contribution >= 4 is 29.2 Å². The zero-order chi connectivity index (χ0) is 12.8. The average Bonchev–Trinajstić information content (AvgIpc) is 2.74. The lowest BCUT2D eigenvalue weighted by molar-refractivity contribution is -0.158. The van der Waals surface area contributed by atoms with Crippen molar-refractivity contribution in [2.45, 2.75) is 25.8 Å². The Kier molecular flexibility index (Phi) is 2.44. The maximum Gasteiger partial charge on any atom is 0.331 e. The molecule has 2 heterocycles. The summed E-state index contributed by atoms with van der Waals surface area (Å²) in [5.41, 5.74) is -0.995. The predicted molar refractivity (Wildman–Crippen MR) is 62.5 cm³/mol. The average molecular weight is 265 g/mol. The molecule has 7 heteroatoms. The molecular weight excluding hydrogens is 254 g/mol. The molecule has 1 saturated carbocycles. The van der Waals surface area contributed by atoms with Crippen LogP contribution in [-0.4, -0.2) is 27.7 Å². The number of carbonyl (C=O) groups excluding carboxylic acids is 3. The van der Waals surface area contributed by atoms with Crippen LogP contribution in [-0.2, 0) is 16.1 Å². The van der Waals surface area contributed by atoms with Crippen LogP contribution in [0.3, 0.4) is 0 Å². The summed E-state index contributed by atoms with van der Waals surface area (Å²) in [6, 6.07) is -0.641. The number of thiazole rings is 1. The number of nitrogens with one attached hydrogen (secondary N) is 1. The molecule has 1 aliphatic heterocycles. The highest BCUT2D eigenvalue weighted by Gasteiger charge is 2.57. The molecule has 6 nitrogen and oxygen atoms in total. The molecule has 1 aromatic heterocycles. The smallest absolute Gasteiger partial charge is 0.277 e. The number of urea groups is 1. The van der Waals surface area contributed by atoms with E-state index in [1.165, 1.54) is 11.3 Å². The van der Waals surface area contributed by atoms with E-state index in [1.54, 1.807) is 11.6 Å². The van der Waals surface area contributed by atoms with Gasteiger partial charge in [0.15, 0.2) is 0 Å². The Morgan fingerprint density at radius 2 is 2.17 bits per heavy atom. The van der Waals surface area contributed by atoms with E-state index in [9.17, 15) is 14.4 Å². The van der Waals surface area contributed by atoms with Gasteiger partial charge in [-0.15, -0.1) is 11.3 Å². The third-order valence-electron chi connectivity index (χ3n) is 3.54. The molecule has 0 aromatic carbocycles. The van der Waals surface area contributed by atoms with E-state index in [1.807, 2.05) is 0 Å². The first kappa shape index (κ1) is 11.3. The van der Waals surface area contributed by atoms with Gasteiger partial charge in [-0.2, -0.15) is 0 Å². The zero-order valence-electron chi connectivity index (χ0n) is 9.51. The largest absolute Gasteiger partial charge is 0.331 e. The molecule has 0 radical (unpaired) electrons. The third-order valence-corrected chi connectivity index (χ3v) is 4.30. The van der Waals surface area contributed by atoms with E-state index in [4.69, 9.17) is 0 Å². The molecule has 1 N–H and O–H groups in total. The van der Waals surface area contributed by atoms with Crippen molar-refractivity contribution in [1.82, 2.24) is 15.2 Å². The van der Waals surface area contributed by atoms with Crippen LogP contribution in [0.25, 0.3) is 0 Å². The normalized spacial score (nSPS) is 22.0. The molecule has 0 atom stereocenters. The van der Waals surface area contributed by atoms with Gasteiger partial charge >= 0.3 is 6.03 Å². The molecule has 18 heavy (non-hydrogen) atoms. The second-order valence-electron chi connectivity index (χ2n) is 4.51. The molecule has 0 bridgehead atoms. The highest BCUT2D eigenvalue weighted by molar-refractivity contribution is 7.09. The Morgan fingerprint density at radius 1 is 1.39 bits per heavy atom. The van der Waals surface area contributed by atoms with E-state index in [2.05, 4.69) is 10.3 Å². The zero-order valence-corrected chi connectivity index (χ0v) is 10.3. The summed E-state index contributed by atoms with van der Waals surface area (Å²) in [7, 11) is 0. The van der Waals surface area contributed by atoms with Crippen LogP contribution in [0.5, 0.6) is 0 Å². The fourth-order valence-corrected chi connectivity index (χ4v) is 2.92. The number of aromatic nitrogens is 1. The van der Waals surface area contributed by atoms with Crippen molar-refractivity contribution < 1.29 is 14.4 Å². The number of nitrogens with zero attached hydrogens (tertiary/aromatic N) is 2. The van der Waals surface area contributed by atoms with Gasteiger partial charge in [0.2, 0.25) is 11.8 Å². The maximum atomic E-state index is 12.3. The van der Waals surface area contributed by atoms with Crippen LogP contribution < -0.4 is 5.32 Å². The summed E-state index contributed by atoms with van der Waals surface area (Å²) in [6.07, 6.45) is 3.52. The van der Waals surface area contributed by atoms with E-state index in [0.29, 0.717) is 17.8 Å². The summed E-state index contributed by atoms with van der Waals surface area (Å²) >= 11 is 1.38. The molecule has 1 aromatic rings. The molecular formula is C11H11N3O3S. The number of barbiturate groups is 1. The van der Waals surface area contributed by atoms with Crippen LogP contribution in [0.1, 0.15) is 24.3 Å². The van der Waals surface area contributed by atoms with Crippen molar-refractivity contribution in [2.75, 3.05) is 0 Å². The van der Waals surface area contributed by atoms with Crippen LogP contribution in [0.4, 0.5) is 4.79 Å². The Hall–Kier alpha value is -1.76. The van der Waals surface area contributed by atoms with Crippen molar-refractivity contribution in [1.29, 1.82) is 0 Å². The Morgan fingerprint density at radius 3 is 2.72 bits per heavy atom. The molecule has 1 saturated heterocycles. The minimum atomic E-state index is -0.995. The van der Waals surface area contributed by atoms with Gasteiger partial charge in [0.25, 0.3) is 0 Å². The Bertz CT molecular complexity index is 522. The number of amides is 4. The molecule has 94 valence electrons. The standard InChI is InChI=1S/C11H11N3O3S/c15-8-11(2-1-3-11)9(16)14(10(17)13-8)6-7-12-4-5-18-7/h4-5H,1-3,6H2,(H,13,15,17). The van der Waals surface area contributed by atoms with E-state index in [-0.39, 0.29) is 12.5 Å². The van der Waals surface area contributed by atoms with Crippen LogP contribution in [0.2, 0.25) is 0 Å². The molecule has 2 aliphatic rings. The summed E-state index contributed by atoms with van der Waals surface area (Å²) in [5.74, 6) is -0.822. The van der Waals surface area contributed by atoms with Gasteiger partial charge in [0, 0.05) is 11.6 Å². The second kappa shape index (κ2) is 3.88. The SMILES string of the molecule is O=C1NC(=O)C2(CCC2)C(=O)N1Cc1nccs1. The van der Waals surface area contributed by atoms with E-state index >= 15 is 0 Å². The number of imide groups is 2. The van der Waals surface area contributed by atoms with Gasteiger partial charge in [-0.3, -0.25) is 19.8 Å². The van der Waals surface area contributed by atoms with Gasteiger partial charge < -0.3 is 0 Å². The fourth-order valence-electron chi connectivity index (χ4n) is 2.31. The summed E-state index contributed by atoms with van der Waals surface area (Å²) in [5, 5.41) is 4.74. The highest BCUT2D eigenvalue weighted by Crippen LogP contribution is 2.44. The van der Waals surface area contributed by atoms with E-state index in [0.717, 1.165) is 11.3 Å². The topological polar surface area (TPSA) is 79.4 Å². The lowest BCUT2D eigenvalue weighted by atomic mass is 9.66. The van der Waals surface area contributed by atoms with Crippen molar-refractivity contribution in [3.05, 3.63) is 16.6 Å². The van der Waals surface area contributed by atoms with Crippen LogP contribution >= 0.6 is 11.3 Å². The lowest BCUT2D eigenvalue weighted by Gasteiger charge is -2.44. The van der Waals surface area contributed by atoms with Crippen LogP contribution in [0, 0.1) is 5.41 Å². The quantitative estimate of drug-likeness (QED) is 0.805. The maximum absolute atomic E-state index is 12.3. The molecule has 0 unspecified atom stereocenters. The van der Waals surface area contributed by atoms with Gasteiger partial charge in [-0.05, 0) is 12.8 Å². The number of hydrogen-bond acceptors (Lipinski definition) is 5. The predicted octanol–water partition coefficient (Wildman–Crippen LogP) is 0.892. The Labute approximate surface area is 107 Å². The van der Waals surface area contributed by atoms with Gasteiger partial charge in [0.05, 0.1) is 6.54 Å². The number of rotatable bonds is 2. The van der Waals surface area contributed by atoms with Crippen LogP contribution in [0.15, 0.2) is 11.6 Å². The molecule has 1 aliphatic carbocycles. The fraction of sp³-hybridized carbons (Fsp3) is 0.455. The third kappa shape index (κ3) is 1.47. The molecule has 2 fully saturated rings. The summed E-state index contributed by atoms with van der Waals surface area (Å²) < 4.78 is 0. The summed E-state index contributed by atoms with van der Waals surface area (Å²) in [6.45, 7) is 0.136. The highest BCUT2D eigenvalue weighted by atomic mass is 32.1.